The maximum absolute atomic E-state index is 13.8. The molecule has 15 heteroatoms. The van der Waals surface area contributed by atoms with E-state index in [4.69, 9.17) is 22.9 Å². The molecule has 9 rings (SSSR count). The van der Waals surface area contributed by atoms with Crippen molar-refractivity contribution in [2.45, 2.75) is 62.8 Å². The molecule has 6 aliphatic rings. The van der Waals surface area contributed by atoms with E-state index in [1.54, 1.807) is 30.3 Å². The first-order valence-corrected chi connectivity index (χ1v) is 21.1. The number of hydrogen-bond donors (Lipinski definition) is 1. The number of ether oxygens (including phenoxy) is 1. The number of carbonyl (C=O) groups excluding carboxylic acids is 5. The Hall–Kier alpha value is -5.49. The molecule has 0 saturated carbocycles. The Kier molecular flexibility index (Phi) is 10.8. The fraction of sp³-hybridized carbons (Fsp3) is 0.455. The molecule has 5 amide bonds. The molecule has 0 aliphatic carbocycles. The predicted octanol–water partition coefficient (Wildman–Crippen LogP) is 4.45. The molecular weight excluding hydrogens is 772 g/mol. The van der Waals surface area contributed by atoms with Crippen molar-refractivity contribution in [3.05, 3.63) is 93.8 Å². The average Bonchev–Trinajstić information content (AvgIpc) is 3.66. The monoisotopic (exact) mass is 818 g/mol. The van der Waals surface area contributed by atoms with Crippen molar-refractivity contribution in [2.24, 2.45) is 0 Å². The second-order valence-electron chi connectivity index (χ2n) is 16.4. The number of piperazine rings is 2. The first-order valence-electron chi connectivity index (χ1n) is 20.7. The van der Waals surface area contributed by atoms with E-state index in [2.05, 4.69) is 46.8 Å². The van der Waals surface area contributed by atoms with E-state index < -0.39 is 29.7 Å². The van der Waals surface area contributed by atoms with Crippen LogP contribution in [0, 0.1) is 6.57 Å². The molecule has 0 radical (unpaired) electrons. The maximum Gasteiger partial charge on any atom is 0.262 e. The molecular formula is C44H47ClN8O6. The van der Waals surface area contributed by atoms with E-state index in [-0.39, 0.29) is 36.9 Å². The van der Waals surface area contributed by atoms with Crippen LogP contribution in [0.3, 0.4) is 0 Å². The number of anilines is 2. The Balaban J connectivity index is 0.711. The van der Waals surface area contributed by atoms with E-state index in [1.165, 1.54) is 0 Å². The molecule has 6 aliphatic heterocycles. The minimum atomic E-state index is -0.971. The van der Waals surface area contributed by atoms with Crippen molar-refractivity contribution in [1.82, 2.24) is 24.9 Å². The highest BCUT2D eigenvalue weighted by Crippen LogP contribution is 2.39. The van der Waals surface area contributed by atoms with Gasteiger partial charge in [-0.25, -0.2) is 4.85 Å². The lowest BCUT2D eigenvalue weighted by Gasteiger charge is -2.39. The lowest BCUT2D eigenvalue weighted by atomic mass is 9.98. The van der Waals surface area contributed by atoms with Gasteiger partial charge in [-0.1, -0.05) is 17.7 Å². The molecule has 3 aromatic carbocycles. The van der Waals surface area contributed by atoms with Crippen molar-refractivity contribution in [3.8, 4) is 5.75 Å². The second kappa shape index (κ2) is 16.3. The average molecular weight is 819 g/mol. The molecule has 3 atom stereocenters. The largest absolute Gasteiger partial charge is 0.490 e. The van der Waals surface area contributed by atoms with Gasteiger partial charge in [0, 0.05) is 114 Å². The van der Waals surface area contributed by atoms with Crippen LogP contribution in [0.4, 0.5) is 17.1 Å². The van der Waals surface area contributed by atoms with Crippen LogP contribution in [-0.2, 0) is 9.59 Å². The van der Waals surface area contributed by atoms with Gasteiger partial charge in [-0.2, -0.15) is 0 Å². The van der Waals surface area contributed by atoms with Crippen LogP contribution in [0.25, 0.3) is 4.85 Å². The third kappa shape index (κ3) is 7.75. The summed E-state index contributed by atoms with van der Waals surface area (Å²) in [4.78, 5) is 80.4. The van der Waals surface area contributed by atoms with Gasteiger partial charge >= 0.3 is 0 Å². The first-order chi connectivity index (χ1) is 28.6. The topological polar surface area (TPSA) is 130 Å². The summed E-state index contributed by atoms with van der Waals surface area (Å²) in [6.45, 7) is 16.3. The summed E-state index contributed by atoms with van der Waals surface area (Å²) in [6.07, 6.45) is 3.75. The molecule has 306 valence electrons. The van der Waals surface area contributed by atoms with Crippen molar-refractivity contribution in [1.29, 1.82) is 0 Å². The van der Waals surface area contributed by atoms with Crippen LogP contribution in [0.2, 0.25) is 5.02 Å². The molecule has 3 unspecified atom stereocenters. The van der Waals surface area contributed by atoms with E-state index in [1.807, 2.05) is 18.2 Å². The summed E-state index contributed by atoms with van der Waals surface area (Å²) in [5, 5.41) is 2.64. The van der Waals surface area contributed by atoms with Gasteiger partial charge in [0.1, 0.15) is 17.9 Å². The van der Waals surface area contributed by atoms with E-state index in [0.29, 0.717) is 27.6 Å². The first kappa shape index (κ1) is 39.0. The Bertz CT molecular complexity index is 2200. The van der Waals surface area contributed by atoms with Gasteiger partial charge in [0.05, 0.1) is 22.7 Å². The van der Waals surface area contributed by atoms with Gasteiger partial charge in [0.25, 0.3) is 17.7 Å². The number of nitrogens with zero attached hydrogens (tertiary/aromatic N) is 7. The van der Waals surface area contributed by atoms with Gasteiger partial charge in [0.2, 0.25) is 17.5 Å². The van der Waals surface area contributed by atoms with E-state index in [9.17, 15) is 24.0 Å². The fourth-order valence-electron chi connectivity index (χ4n) is 9.76. The third-order valence-electron chi connectivity index (χ3n) is 13.0. The van der Waals surface area contributed by atoms with Gasteiger partial charge in [0.15, 0.2) is 0 Å². The highest BCUT2D eigenvalue weighted by molar-refractivity contribution is 6.33. The number of halogens is 1. The van der Waals surface area contributed by atoms with Crippen LogP contribution in [0.15, 0.2) is 60.7 Å². The van der Waals surface area contributed by atoms with E-state index >= 15 is 0 Å². The highest BCUT2D eigenvalue weighted by Gasteiger charge is 2.46. The van der Waals surface area contributed by atoms with E-state index in [0.717, 1.165) is 113 Å². The quantitative estimate of drug-likeness (QED) is 0.244. The normalized spacial score (nSPS) is 24.9. The van der Waals surface area contributed by atoms with Gasteiger partial charge < -0.3 is 19.4 Å². The Morgan fingerprint density at radius 1 is 0.746 bits per heavy atom. The van der Waals surface area contributed by atoms with Gasteiger partial charge in [-0.05, 0) is 73.9 Å². The number of carbonyl (C=O) groups is 5. The van der Waals surface area contributed by atoms with Crippen molar-refractivity contribution in [3.63, 3.8) is 0 Å². The number of piperidine rings is 2. The standard InChI is InChI=1S/C44H47ClN8O6/c1-46-38-11-9-33(27-37(38)45)59-34-24-31-6-7-32(25-34)52(31)42(56)28-2-4-29(5-3-28)50-20-16-48(17-21-50)14-15-49-18-22-51(23-19-49)30-8-10-35-36(26-30)44(58)53(43(35)57)39-12-13-40(54)47-41(39)55/h2-5,8-11,26-27,31-32,34,39H,6-7,12-25H2,(H,47,54,55). The summed E-state index contributed by atoms with van der Waals surface area (Å²) in [5.74, 6) is -1.21. The zero-order valence-electron chi connectivity index (χ0n) is 32.9. The summed E-state index contributed by atoms with van der Waals surface area (Å²) >= 11 is 6.23. The van der Waals surface area contributed by atoms with Crippen LogP contribution in [0.1, 0.15) is 69.6 Å². The minimum absolute atomic E-state index is 0.00634. The molecule has 1 N–H and O–H groups in total. The number of fused-ring (bicyclic) bond motifs is 3. The van der Waals surface area contributed by atoms with Crippen molar-refractivity contribution in [2.75, 3.05) is 75.2 Å². The molecule has 59 heavy (non-hydrogen) atoms. The zero-order valence-corrected chi connectivity index (χ0v) is 33.6. The summed E-state index contributed by atoms with van der Waals surface area (Å²) < 4.78 is 6.27. The molecule has 5 saturated heterocycles. The lowest BCUT2D eigenvalue weighted by Crippen LogP contribution is -2.54. The number of nitrogens with one attached hydrogen (secondary N) is 1. The predicted molar refractivity (Wildman–Crippen MR) is 221 cm³/mol. The summed E-state index contributed by atoms with van der Waals surface area (Å²) in [7, 11) is 0. The fourth-order valence-corrected chi connectivity index (χ4v) is 9.97. The minimum Gasteiger partial charge on any atom is -0.490 e. The van der Waals surface area contributed by atoms with Crippen LogP contribution in [-0.4, -0.2) is 139 Å². The van der Waals surface area contributed by atoms with Crippen LogP contribution >= 0.6 is 11.6 Å². The molecule has 5 fully saturated rings. The SMILES string of the molecule is [C-]#[N+]c1ccc(OC2CC3CCC(C2)N3C(=O)c2ccc(N3CCN(CCN4CCN(c5ccc6c(c5)C(=O)N(C5CCC(=O)NC5=O)C6=O)CC4)CC3)cc2)cc1Cl. The number of imide groups is 2. The van der Waals surface area contributed by atoms with Crippen molar-refractivity contribution < 1.29 is 28.7 Å². The number of rotatable bonds is 9. The summed E-state index contributed by atoms with van der Waals surface area (Å²) in [6, 6.07) is 18.0. The van der Waals surface area contributed by atoms with Gasteiger partial charge in [-0.3, -0.25) is 44.0 Å². The maximum atomic E-state index is 13.8. The molecule has 6 heterocycles. The smallest absolute Gasteiger partial charge is 0.262 e. The number of hydrogen-bond acceptors (Lipinski definition) is 10. The Labute approximate surface area is 348 Å². The molecule has 3 aromatic rings. The highest BCUT2D eigenvalue weighted by atomic mass is 35.5. The molecule has 0 spiro atoms. The lowest BCUT2D eigenvalue weighted by molar-refractivity contribution is -0.136. The Morgan fingerprint density at radius 2 is 1.36 bits per heavy atom. The van der Waals surface area contributed by atoms with Gasteiger partial charge in [-0.15, -0.1) is 0 Å². The summed E-state index contributed by atoms with van der Waals surface area (Å²) in [5.41, 5.74) is 3.76. The van der Waals surface area contributed by atoms with Crippen molar-refractivity contribution >= 4 is 58.2 Å². The molecule has 14 nitrogen and oxygen atoms in total. The molecule has 0 aromatic heterocycles. The molecule has 2 bridgehead atoms. The third-order valence-corrected chi connectivity index (χ3v) is 13.3. The number of benzene rings is 3. The number of amides is 5. The zero-order chi connectivity index (χ0) is 40.8. The van der Waals surface area contributed by atoms with Crippen LogP contribution in [0.5, 0.6) is 5.75 Å². The second-order valence-corrected chi connectivity index (χ2v) is 16.8. The van der Waals surface area contributed by atoms with Crippen LogP contribution < -0.4 is 19.9 Å². The Morgan fingerprint density at radius 3 is 1.97 bits per heavy atom.